The first-order chi connectivity index (χ1) is 8.63. The average Bonchev–Trinajstić information content (AvgIpc) is 2.87. The summed E-state index contributed by atoms with van der Waals surface area (Å²) in [4.78, 5) is 27.6. The zero-order chi connectivity index (χ0) is 13.1. The van der Waals surface area contributed by atoms with Crippen molar-refractivity contribution >= 4 is 11.9 Å². The lowest BCUT2D eigenvalue weighted by atomic mass is 9.94. The van der Waals surface area contributed by atoms with Gasteiger partial charge in [0.1, 0.15) is 0 Å². The van der Waals surface area contributed by atoms with Gasteiger partial charge in [0.25, 0.3) is 0 Å². The fourth-order valence-electron chi connectivity index (χ4n) is 3.07. The topological polar surface area (TPSA) is 60.9 Å². The molecule has 0 bridgehead atoms. The quantitative estimate of drug-likeness (QED) is 0.803. The Bertz CT molecular complexity index is 324. The minimum Gasteiger partial charge on any atom is -0.481 e. The normalized spacial score (nSPS) is 29.5. The van der Waals surface area contributed by atoms with Crippen molar-refractivity contribution in [2.45, 2.75) is 26.2 Å². The fraction of sp³-hybridized carbons (Fsp3) is 0.846. The van der Waals surface area contributed by atoms with Crippen LogP contribution in [0.15, 0.2) is 0 Å². The Labute approximate surface area is 108 Å². The summed E-state index contributed by atoms with van der Waals surface area (Å²) in [6.45, 7) is 6.45. The van der Waals surface area contributed by atoms with Crippen LogP contribution >= 0.6 is 0 Å². The highest BCUT2D eigenvalue weighted by molar-refractivity contribution is 5.85. The molecule has 1 amide bonds. The maximum absolute atomic E-state index is 12.4. The number of hydrogen-bond donors (Lipinski definition) is 1. The maximum atomic E-state index is 12.4. The number of likely N-dealkylation sites (N-methyl/N-ethyl adjacent to an activating group) is 1. The third kappa shape index (κ3) is 2.66. The van der Waals surface area contributed by atoms with E-state index in [0.29, 0.717) is 6.42 Å². The van der Waals surface area contributed by atoms with E-state index in [1.54, 1.807) is 0 Å². The van der Waals surface area contributed by atoms with E-state index < -0.39 is 11.9 Å². The van der Waals surface area contributed by atoms with Crippen molar-refractivity contribution in [3.05, 3.63) is 0 Å². The van der Waals surface area contributed by atoms with E-state index in [2.05, 4.69) is 11.8 Å². The van der Waals surface area contributed by atoms with Crippen LogP contribution in [-0.4, -0.2) is 59.5 Å². The second-order valence-corrected chi connectivity index (χ2v) is 5.24. The van der Waals surface area contributed by atoms with E-state index in [1.807, 2.05) is 4.90 Å². The molecule has 102 valence electrons. The zero-order valence-corrected chi connectivity index (χ0v) is 11.0. The molecule has 2 aliphatic rings. The van der Waals surface area contributed by atoms with Gasteiger partial charge in [-0.15, -0.1) is 0 Å². The Balaban J connectivity index is 1.93. The Morgan fingerprint density at radius 3 is 2.28 bits per heavy atom. The highest BCUT2D eigenvalue weighted by Crippen LogP contribution is 2.33. The number of carboxylic acid groups (broad SMARTS) is 1. The molecule has 2 fully saturated rings. The first-order valence-electron chi connectivity index (χ1n) is 6.87. The fourth-order valence-corrected chi connectivity index (χ4v) is 3.07. The molecular weight excluding hydrogens is 232 g/mol. The molecule has 0 aromatic carbocycles. The Hall–Kier alpha value is -1.10. The van der Waals surface area contributed by atoms with Gasteiger partial charge in [-0.1, -0.05) is 13.3 Å². The molecule has 1 N–H and O–H groups in total. The number of nitrogens with zero attached hydrogens (tertiary/aromatic N) is 2. The molecule has 1 saturated carbocycles. The number of aliphatic carboxylic acids is 1. The average molecular weight is 254 g/mol. The van der Waals surface area contributed by atoms with Crippen LogP contribution in [0.25, 0.3) is 0 Å². The number of piperazine rings is 1. The predicted octanol–water partition coefficient (Wildman–Crippen LogP) is 0.651. The summed E-state index contributed by atoms with van der Waals surface area (Å²) >= 11 is 0. The molecule has 0 aromatic rings. The molecule has 0 unspecified atom stereocenters. The molecule has 1 aliphatic heterocycles. The molecular formula is C13H22N2O3. The number of carbonyl (C=O) groups is 2. The summed E-state index contributed by atoms with van der Waals surface area (Å²) < 4.78 is 0. The van der Waals surface area contributed by atoms with Gasteiger partial charge < -0.3 is 14.9 Å². The molecule has 1 heterocycles. The smallest absolute Gasteiger partial charge is 0.307 e. The SMILES string of the molecule is CCN1CCN(C(=O)[C@@H]2CCC[C@@H]2C(=O)O)CC1. The lowest BCUT2D eigenvalue weighted by Crippen LogP contribution is -2.50. The van der Waals surface area contributed by atoms with Crippen molar-refractivity contribution in [2.75, 3.05) is 32.7 Å². The van der Waals surface area contributed by atoms with E-state index >= 15 is 0 Å². The largest absolute Gasteiger partial charge is 0.481 e. The van der Waals surface area contributed by atoms with Crippen LogP contribution in [0.1, 0.15) is 26.2 Å². The standard InChI is InChI=1S/C13H22N2O3/c1-2-14-6-8-15(9-7-14)12(16)10-4-3-5-11(10)13(17)18/h10-11H,2-9H2,1H3,(H,17,18)/t10-,11+/m1/s1. The minimum atomic E-state index is -0.807. The van der Waals surface area contributed by atoms with Crippen LogP contribution in [0, 0.1) is 11.8 Å². The van der Waals surface area contributed by atoms with Gasteiger partial charge in [-0.3, -0.25) is 9.59 Å². The van der Waals surface area contributed by atoms with Gasteiger partial charge in [0.05, 0.1) is 11.8 Å². The summed E-state index contributed by atoms with van der Waals surface area (Å²) in [6.07, 6.45) is 2.26. The third-order valence-corrected chi connectivity index (χ3v) is 4.28. The van der Waals surface area contributed by atoms with Crippen molar-refractivity contribution < 1.29 is 14.7 Å². The highest BCUT2D eigenvalue weighted by Gasteiger charge is 2.40. The van der Waals surface area contributed by atoms with Gasteiger partial charge in [-0.25, -0.2) is 0 Å². The van der Waals surface area contributed by atoms with Gasteiger partial charge in [-0.2, -0.15) is 0 Å². The number of rotatable bonds is 3. The first kappa shape index (κ1) is 13.3. The molecule has 18 heavy (non-hydrogen) atoms. The van der Waals surface area contributed by atoms with Crippen molar-refractivity contribution in [1.29, 1.82) is 0 Å². The summed E-state index contributed by atoms with van der Waals surface area (Å²) in [7, 11) is 0. The van der Waals surface area contributed by atoms with E-state index in [1.165, 1.54) is 0 Å². The van der Waals surface area contributed by atoms with E-state index in [9.17, 15) is 9.59 Å². The van der Waals surface area contributed by atoms with E-state index in [0.717, 1.165) is 45.6 Å². The number of amides is 1. The molecule has 2 rings (SSSR count). The Morgan fingerprint density at radius 2 is 1.72 bits per heavy atom. The van der Waals surface area contributed by atoms with Gasteiger partial charge in [0.15, 0.2) is 0 Å². The molecule has 0 aromatic heterocycles. The zero-order valence-electron chi connectivity index (χ0n) is 11.0. The lowest BCUT2D eigenvalue weighted by molar-refractivity contribution is -0.149. The number of carboxylic acids is 1. The lowest BCUT2D eigenvalue weighted by Gasteiger charge is -2.35. The van der Waals surface area contributed by atoms with Gasteiger partial charge in [0, 0.05) is 26.2 Å². The van der Waals surface area contributed by atoms with Gasteiger partial charge in [0.2, 0.25) is 5.91 Å². The van der Waals surface area contributed by atoms with Crippen LogP contribution in [0.3, 0.4) is 0 Å². The van der Waals surface area contributed by atoms with Gasteiger partial charge >= 0.3 is 5.97 Å². The molecule has 2 atom stereocenters. The Kier molecular flexibility index (Phi) is 4.22. The van der Waals surface area contributed by atoms with E-state index in [-0.39, 0.29) is 11.8 Å². The molecule has 0 radical (unpaired) electrons. The minimum absolute atomic E-state index is 0.0654. The molecule has 1 saturated heterocycles. The van der Waals surface area contributed by atoms with Crippen molar-refractivity contribution in [2.24, 2.45) is 11.8 Å². The monoisotopic (exact) mass is 254 g/mol. The predicted molar refractivity (Wildman–Crippen MR) is 67.2 cm³/mol. The van der Waals surface area contributed by atoms with Crippen LogP contribution in [0.2, 0.25) is 0 Å². The number of hydrogen-bond acceptors (Lipinski definition) is 3. The van der Waals surface area contributed by atoms with Crippen LogP contribution in [0.5, 0.6) is 0 Å². The van der Waals surface area contributed by atoms with Crippen LogP contribution in [-0.2, 0) is 9.59 Å². The molecule has 5 heteroatoms. The highest BCUT2D eigenvalue weighted by atomic mass is 16.4. The van der Waals surface area contributed by atoms with E-state index in [4.69, 9.17) is 5.11 Å². The number of carbonyl (C=O) groups excluding carboxylic acids is 1. The van der Waals surface area contributed by atoms with Crippen molar-refractivity contribution in [1.82, 2.24) is 9.80 Å². The van der Waals surface area contributed by atoms with Gasteiger partial charge in [-0.05, 0) is 19.4 Å². The Morgan fingerprint density at radius 1 is 1.11 bits per heavy atom. The summed E-state index contributed by atoms with van der Waals surface area (Å²) in [5, 5.41) is 9.13. The molecule has 5 nitrogen and oxygen atoms in total. The second kappa shape index (κ2) is 5.69. The third-order valence-electron chi connectivity index (χ3n) is 4.28. The second-order valence-electron chi connectivity index (χ2n) is 5.24. The van der Waals surface area contributed by atoms with Crippen molar-refractivity contribution in [3.63, 3.8) is 0 Å². The summed E-state index contributed by atoms with van der Waals surface area (Å²) in [5.41, 5.74) is 0. The van der Waals surface area contributed by atoms with Crippen LogP contribution in [0.4, 0.5) is 0 Å². The molecule has 0 spiro atoms. The summed E-state index contributed by atoms with van der Waals surface area (Å²) in [5.74, 6) is -1.48. The molecule has 1 aliphatic carbocycles. The summed E-state index contributed by atoms with van der Waals surface area (Å²) in [6, 6.07) is 0. The maximum Gasteiger partial charge on any atom is 0.307 e. The van der Waals surface area contributed by atoms with Crippen LogP contribution < -0.4 is 0 Å². The first-order valence-corrected chi connectivity index (χ1v) is 6.87. The van der Waals surface area contributed by atoms with Crippen molar-refractivity contribution in [3.8, 4) is 0 Å².